The second-order valence-corrected chi connectivity index (χ2v) is 5.59. The van der Waals surface area contributed by atoms with Gasteiger partial charge in [-0.05, 0) is 42.7 Å². The highest BCUT2D eigenvalue weighted by Gasteiger charge is 2.31. The van der Waals surface area contributed by atoms with Crippen LogP contribution in [0.2, 0.25) is 0 Å². The highest BCUT2D eigenvalue weighted by molar-refractivity contribution is 5.90. The molecule has 2 heterocycles. The number of anilines is 1. The summed E-state index contributed by atoms with van der Waals surface area (Å²) < 4.78 is 18.5. The predicted octanol–water partition coefficient (Wildman–Crippen LogP) is 2.89. The van der Waals surface area contributed by atoms with E-state index in [0.29, 0.717) is 24.0 Å². The Labute approximate surface area is 137 Å². The molecule has 24 heavy (non-hydrogen) atoms. The van der Waals surface area contributed by atoms with Gasteiger partial charge in [0, 0.05) is 0 Å². The molecular formula is C17H15FN2O4. The van der Waals surface area contributed by atoms with Gasteiger partial charge in [-0.2, -0.15) is 0 Å². The first-order chi connectivity index (χ1) is 11.5. The van der Waals surface area contributed by atoms with Crippen LogP contribution in [0.25, 0.3) is 0 Å². The largest absolute Gasteiger partial charge is 0.474 e. The van der Waals surface area contributed by atoms with Crippen molar-refractivity contribution in [3.63, 3.8) is 0 Å². The Kier molecular flexibility index (Phi) is 4.16. The van der Waals surface area contributed by atoms with E-state index in [1.54, 1.807) is 25.1 Å². The van der Waals surface area contributed by atoms with Crippen LogP contribution < -0.4 is 9.64 Å². The van der Waals surface area contributed by atoms with E-state index in [2.05, 4.69) is 4.98 Å². The molecule has 3 rings (SSSR count). The first-order valence-electron chi connectivity index (χ1n) is 7.38. The summed E-state index contributed by atoms with van der Waals surface area (Å²) in [6.45, 7) is 1.90. The number of nitrogens with zero attached hydrogens (tertiary/aromatic N) is 2. The Morgan fingerprint density at radius 2 is 2.17 bits per heavy atom. The second-order valence-electron chi connectivity index (χ2n) is 5.59. The molecule has 0 radical (unpaired) electrons. The number of carboxylic acid groups (broad SMARTS) is 1. The second kappa shape index (κ2) is 6.27. The zero-order chi connectivity index (χ0) is 17.3. The molecule has 1 unspecified atom stereocenters. The Morgan fingerprint density at radius 3 is 2.79 bits per heavy atom. The number of pyridine rings is 1. The SMILES string of the molecule is CC1COc2nc(C=O)c(Cc3ccc(F)cc3)cc2N1C(=O)O. The summed E-state index contributed by atoms with van der Waals surface area (Å²) in [4.78, 5) is 28.2. The maximum absolute atomic E-state index is 13.0. The van der Waals surface area contributed by atoms with Crippen molar-refractivity contribution in [2.24, 2.45) is 0 Å². The van der Waals surface area contributed by atoms with Crippen molar-refractivity contribution < 1.29 is 23.8 Å². The van der Waals surface area contributed by atoms with Crippen molar-refractivity contribution in [3.05, 3.63) is 53.0 Å². The number of carbonyl (C=O) groups is 2. The maximum atomic E-state index is 13.0. The van der Waals surface area contributed by atoms with E-state index in [1.165, 1.54) is 17.0 Å². The van der Waals surface area contributed by atoms with Gasteiger partial charge in [-0.15, -0.1) is 0 Å². The number of rotatable bonds is 3. The molecule has 1 aromatic heterocycles. The van der Waals surface area contributed by atoms with Crippen molar-refractivity contribution in [1.29, 1.82) is 0 Å². The minimum absolute atomic E-state index is 0.125. The van der Waals surface area contributed by atoms with Gasteiger partial charge in [-0.3, -0.25) is 9.69 Å². The molecule has 1 N–H and O–H groups in total. The van der Waals surface area contributed by atoms with Crippen molar-refractivity contribution in [2.75, 3.05) is 11.5 Å². The first kappa shape index (κ1) is 15.9. The van der Waals surface area contributed by atoms with E-state index in [0.717, 1.165) is 5.56 Å². The molecule has 6 nitrogen and oxygen atoms in total. The third-order valence-electron chi connectivity index (χ3n) is 3.87. The van der Waals surface area contributed by atoms with Crippen LogP contribution in [0.15, 0.2) is 30.3 Å². The quantitative estimate of drug-likeness (QED) is 0.875. The summed E-state index contributed by atoms with van der Waals surface area (Å²) in [7, 11) is 0. The Balaban J connectivity index is 2.04. The van der Waals surface area contributed by atoms with Gasteiger partial charge >= 0.3 is 6.09 Å². The van der Waals surface area contributed by atoms with E-state index in [1.807, 2.05) is 0 Å². The molecule has 0 saturated carbocycles. The molecule has 1 aliphatic heterocycles. The van der Waals surface area contributed by atoms with Crippen LogP contribution in [0.4, 0.5) is 14.9 Å². The van der Waals surface area contributed by atoms with Crippen molar-refractivity contribution in [3.8, 4) is 5.88 Å². The summed E-state index contributed by atoms with van der Waals surface area (Å²) in [5.41, 5.74) is 1.83. The van der Waals surface area contributed by atoms with Crippen LogP contribution in [-0.4, -0.2) is 35.1 Å². The number of aldehydes is 1. The summed E-state index contributed by atoms with van der Waals surface area (Å²) in [5, 5.41) is 9.42. The van der Waals surface area contributed by atoms with Gasteiger partial charge in [0.25, 0.3) is 0 Å². The zero-order valence-corrected chi connectivity index (χ0v) is 12.9. The normalized spacial score (nSPS) is 16.2. The first-order valence-corrected chi connectivity index (χ1v) is 7.38. The molecule has 0 saturated heterocycles. The molecule has 1 amide bonds. The van der Waals surface area contributed by atoms with Crippen molar-refractivity contribution in [1.82, 2.24) is 4.98 Å². The van der Waals surface area contributed by atoms with Gasteiger partial charge in [0.05, 0.1) is 6.04 Å². The van der Waals surface area contributed by atoms with E-state index < -0.39 is 6.09 Å². The fourth-order valence-corrected chi connectivity index (χ4v) is 2.69. The molecule has 1 aliphatic rings. The monoisotopic (exact) mass is 330 g/mol. The van der Waals surface area contributed by atoms with Crippen LogP contribution in [0, 0.1) is 5.82 Å². The Hall–Kier alpha value is -2.96. The van der Waals surface area contributed by atoms with Gasteiger partial charge in [0.2, 0.25) is 5.88 Å². The standard InChI is InChI=1S/C17H15FN2O4/c1-10-9-24-16-15(20(10)17(22)23)7-12(14(8-21)19-16)6-11-2-4-13(18)5-3-11/h2-5,7-8,10H,6,9H2,1H3,(H,22,23). The minimum atomic E-state index is -1.11. The van der Waals surface area contributed by atoms with Crippen LogP contribution in [0.1, 0.15) is 28.5 Å². The van der Waals surface area contributed by atoms with Crippen molar-refractivity contribution >= 4 is 18.1 Å². The molecule has 1 aromatic carbocycles. The van der Waals surface area contributed by atoms with Crippen molar-refractivity contribution in [2.45, 2.75) is 19.4 Å². The highest BCUT2D eigenvalue weighted by Crippen LogP contribution is 2.34. The lowest BCUT2D eigenvalue weighted by atomic mass is 10.0. The van der Waals surface area contributed by atoms with Gasteiger partial charge in [0.1, 0.15) is 23.8 Å². The number of aromatic nitrogens is 1. The smallest absolute Gasteiger partial charge is 0.412 e. The third kappa shape index (κ3) is 2.92. The highest BCUT2D eigenvalue weighted by atomic mass is 19.1. The number of ether oxygens (including phenoxy) is 1. The summed E-state index contributed by atoms with van der Waals surface area (Å²) >= 11 is 0. The number of amides is 1. The molecule has 0 fully saturated rings. The number of benzene rings is 1. The molecule has 2 aromatic rings. The lowest BCUT2D eigenvalue weighted by molar-refractivity contribution is 0.111. The van der Waals surface area contributed by atoms with Gasteiger partial charge < -0.3 is 9.84 Å². The number of halogens is 1. The lowest BCUT2D eigenvalue weighted by Gasteiger charge is -2.32. The van der Waals surface area contributed by atoms with Crippen LogP contribution in [-0.2, 0) is 6.42 Å². The average molecular weight is 330 g/mol. The molecular weight excluding hydrogens is 315 g/mol. The Bertz CT molecular complexity index is 792. The van der Waals surface area contributed by atoms with Gasteiger partial charge in [0.15, 0.2) is 6.29 Å². The molecule has 0 aliphatic carbocycles. The Morgan fingerprint density at radius 1 is 1.46 bits per heavy atom. The number of hydrogen-bond donors (Lipinski definition) is 1. The number of fused-ring (bicyclic) bond motifs is 1. The molecule has 0 spiro atoms. The molecule has 124 valence electrons. The van der Waals surface area contributed by atoms with Gasteiger partial charge in [-0.1, -0.05) is 12.1 Å². The number of carbonyl (C=O) groups excluding carboxylic acids is 1. The number of hydrogen-bond acceptors (Lipinski definition) is 4. The fourth-order valence-electron chi connectivity index (χ4n) is 2.69. The van der Waals surface area contributed by atoms with Gasteiger partial charge in [-0.25, -0.2) is 14.2 Å². The lowest BCUT2D eigenvalue weighted by Crippen LogP contribution is -2.44. The summed E-state index contributed by atoms with van der Waals surface area (Å²) in [5.74, 6) is -0.224. The van der Waals surface area contributed by atoms with E-state index in [9.17, 15) is 19.1 Å². The van der Waals surface area contributed by atoms with E-state index in [-0.39, 0.29) is 30.0 Å². The molecule has 7 heteroatoms. The molecule has 1 atom stereocenters. The minimum Gasteiger partial charge on any atom is -0.474 e. The van der Waals surface area contributed by atoms with Crippen LogP contribution >= 0.6 is 0 Å². The summed E-state index contributed by atoms with van der Waals surface area (Å²) in [6.07, 6.45) is -0.178. The van der Waals surface area contributed by atoms with Crippen LogP contribution in [0.3, 0.4) is 0 Å². The third-order valence-corrected chi connectivity index (χ3v) is 3.87. The fraction of sp³-hybridized carbons (Fsp3) is 0.235. The van der Waals surface area contributed by atoms with E-state index in [4.69, 9.17) is 4.74 Å². The zero-order valence-electron chi connectivity index (χ0n) is 12.9. The maximum Gasteiger partial charge on any atom is 0.412 e. The summed E-state index contributed by atoms with van der Waals surface area (Å²) in [6, 6.07) is 7.11. The van der Waals surface area contributed by atoms with E-state index >= 15 is 0 Å². The average Bonchev–Trinajstić information content (AvgIpc) is 2.56. The van der Waals surface area contributed by atoms with Crippen LogP contribution in [0.5, 0.6) is 5.88 Å². The molecule has 0 bridgehead atoms. The predicted molar refractivity (Wildman–Crippen MR) is 84.3 cm³/mol. The topological polar surface area (TPSA) is 79.7 Å².